The van der Waals surface area contributed by atoms with E-state index in [-0.39, 0.29) is 11.6 Å². The highest BCUT2D eigenvalue weighted by Crippen LogP contribution is 2.43. The normalized spacial score (nSPS) is 18.2. The maximum atomic E-state index is 13.9. The van der Waals surface area contributed by atoms with Gasteiger partial charge >= 0.3 is 5.97 Å². The molecule has 0 aromatic heterocycles. The van der Waals surface area contributed by atoms with Gasteiger partial charge in [0.15, 0.2) is 0 Å². The second-order valence-electron chi connectivity index (χ2n) is 8.95. The Labute approximate surface area is 214 Å². The van der Waals surface area contributed by atoms with Gasteiger partial charge in [-0.15, -0.1) is 11.8 Å². The third kappa shape index (κ3) is 5.32. The van der Waals surface area contributed by atoms with E-state index in [1.54, 1.807) is 23.9 Å². The van der Waals surface area contributed by atoms with Crippen LogP contribution in [0, 0.1) is 6.92 Å². The summed E-state index contributed by atoms with van der Waals surface area (Å²) in [5, 5.41) is 9.61. The third-order valence-corrected chi connectivity index (χ3v) is 8.83. The molecule has 2 atom stereocenters. The number of benzene rings is 3. The number of fused-ring (bicyclic) bond motifs is 1. The summed E-state index contributed by atoms with van der Waals surface area (Å²) in [6, 6.07) is 19.9. The van der Waals surface area contributed by atoms with Gasteiger partial charge in [-0.05, 0) is 72.7 Å². The molecule has 7 heteroatoms. The van der Waals surface area contributed by atoms with E-state index in [1.165, 1.54) is 0 Å². The van der Waals surface area contributed by atoms with Crippen molar-refractivity contribution in [3.63, 3.8) is 0 Å². The van der Waals surface area contributed by atoms with E-state index in [9.17, 15) is 14.1 Å². The average Bonchev–Trinajstić information content (AvgIpc) is 2.96. The predicted octanol–water partition coefficient (Wildman–Crippen LogP) is 6.75. The van der Waals surface area contributed by atoms with Crippen molar-refractivity contribution in [3.8, 4) is 11.1 Å². The van der Waals surface area contributed by atoms with Gasteiger partial charge in [0, 0.05) is 30.2 Å². The number of aryl methyl sites for hydroxylation is 1. The largest absolute Gasteiger partial charge is 0.478 e. The summed E-state index contributed by atoms with van der Waals surface area (Å²) >= 11 is 1.62. The van der Waals surface area contributed by atoms with Gasteiger partial charge in [0.1, 0.15) is 11.0 Å². The van der Waals surface area contributed by atoms with Gasteiger partial charge in [0.25, 0.3) is 0 Å². The first kappa shape index (κ1) is 25.5. The third-order valence-electron chi connectivity index (χ3n) is 6.52. The van der Waals surface area contributed by atoms with Crippen LogP contribution < -0.4 is 4.90 Å². The van der Waals surface area contributed by atoms with E-state index in [1.807, 2.05) is 54.9 Å². The number of likely N-dealkylation sites (N-methyl/N-ethyl adjacent to an activating group) is 1. The molecule has 0 amide bonds. The lowest BCUT2D eigenvalue weighted by molar-refractivity contribution is 0.0697. The van der Waals surface area contributed by atoms with Crippen molar-refractivity contribution >= 4 is 40.1 Å². The van der Waals surface area contributed by atoms with Crippen molar-refractivity contribution in [1.82, 2.24) is 4.31 Å². The fraction of sp³-hybridized carbons (Fsp3) is 0.321. The Morgan fingerprint density at radius 3 is 2.54 bits per heavy atom. The number of hydrogen-bond donors (Lipinski definition) is 1. The number of thioether (sulfide) groups is 1. The molecule has 2 unspecified atom stereocenters. The van der Waals surface area contributed by atoms with Crippen molar-refractivity contribution in [2.24, 2.45) is 0 Å². The van der Waals surface area contributed by atoms with Crippen LogP contribution in [0.3, 0.4) is 0 Å². The number of aromatic carboxylic acids is 1. The fourth-order valence-electron chi connectivity index (χ4n) is 4.64. The quantitative estimate of drug-likeness (QED) is 0.358. The second-order valence-corrected chi connectivity index (χ2v) is 11.3. The maximum absolute atomic E-state index is 13.9. The molecule has 4 rings (SSSR count). The van der Waals surface area contributed by atoms with Crippen molar-refractivity contribution < 1.29 is 14.1 Å². The monoisotopic (exact) mass is 508 g/mol. The van der Waals surface area contributed by atoms with Crippen molar-refractivity contribution in [2.75, 3.05) is 24.7 Å². The lowest BCUT2D eigenvalue weighted by Crippen LogP contribution is -2.38. The molecule has 0 radical (unpaired) electrons. The first-order chi connectivity index (χ1) is 16.8. The molecule has 0 fully saturated rings. The number of para-hydroxylation sites is 1. The summed E-state index contributed by atoms with van der Waals surface area (Å²) in [7, 11) is 0.597. The van der Waals surface area contributed by atoms with E-state index in [4.69, 9.17) is 0 Å². The zero-order valence-corrected chi connectivity index (χ0v) is 22.3. The molecule has 0 bridgehead atoms. The summed E-state index contributed by atoms with van der Waals surface area (Å²) < 4.78 is 15.9. The summed E-state index contributed by atoms with van der Waals surface area (Å²) in [6.07, 6.45) is 5.16. The van der Waals surface area contributed by atoms with E-state index in [0.717, 1.165) is 63.7 Å². The van der Waals surface area contributed by atoms with Crippen molar-refractivity contribution in [3.05, 3.63) is 71.8 Å². The van der Waals surface area contributed by atoms with E-state index < -0.39 is 17.0 Å². The summed E-state index contributed by atoms with van der Waals surface area (Å²) in [5.41, 5.74) is 4.89. The Hall–Kier alpha value is -2.61. The van der Waals surface area contributed by atoms with Gasteiger partial charge in [-0.1, -0.05) is 44.0 Å². The molecule has 0 spiro atoms. The number of hydrogen-bond acceptors (Lipinski definition) is 4. The predicted molar refractivity (Wildman–Crippen MR) is 146 cm³/mol. The zero-order valence-electron chi connectivity index (χ0n) is 20.7. The van der Waals surface area contributed by atoms with Crippen LogP contribution in [0.2, 0.25) is 0 Å². The molecular weight excluding hydrogens is 476 g/mol. The van der Waals surface area contributed by atoms with Crippen LogP contribution in [0.4, 0.5) is 11.4 Å². The van der Waals surface area contributed by atoms with Gasteiger partial charge in [-0.2, -0.15) is 0 Å². The molecule has 35 heavy (non-hydrogen) atoms. The van der Waals surface area contributed by atoms with E-state index in [0.29, 0.717) is 0 Å². The molecule has 3 aromatic rings. The molecule has 3 aromatic carbocycles. The first-order valence-corrected chi connectivity index (χ1v) is 14.2. The number of carboxylic acids is 1. The highest BCUT2D eigenvalue weighted by Gasteiger charge is 2.32. The highest BCUT2D eigenvalue weighted by atomic mass is 32.2. The smallest absolute Gasteiger partial charge is 0.335 e. The van der Waals surface area contributed by atoms with Crippen molar-refractivity contribution in [2.45, 2.75) is 48.9 Å². The van der Waals surface area contributed by atoms with Crippen molar-refractivity contribution in [1.29, 1.82) is 0 Å². The SMILES string of the molecule is CCCCC1CN(c2ccccc2)c2cc(SC)c(-c3cc(C)cc(C(=O)O)c3)cc2S(=O)N1C. The number of anilines is 2. The fourth-order valence-corrected chi connectivity index (χ4v) is 6.58. The van der Waals surface area contributed by atoms with Crippen LogP contribution in [0.15, 0.2) is 70.5 Å². The first-order valence-electron chi connectivity index (χ1n) is 11.9. The van der Waals surface area contributed by atoms with Gasteiger partial charge in [0.05, 0.1) is 16.1 Å². The number of rotatable bonds is 7. The van der Waals surface area contributed by atoms with Crippen LogP contribution in [0.5, 0.6) is 0 Å². The molecule has 1 heterocycles. The molecule has 1 N–H and O–H groups in total. The van der Waals surface area contributed by atoms with Gasteiger partial charge < -0.3 is 10.0 Å². The lowest BCUT2D eigenvalue weighted by atomic mass is 9.99. The average molecular weight is 509 g/mol. The molecular formula is C28H32N2O3S2. The lowest BCUT2D eigenvalue weighted by Gasteiger charge is -2.30. The summed E-state index contributed by atoms with van der Waals surface area (Å²) in [4.78, 5) is 15.8. The van der Waals surface area contributed by atoms with Crippen LogP contribution in [-0.4, -0.2) is 45.5 Å². The molecule has 0 aliphatic carbocycles. The summed E-state index contributed by atoms with van der Waals surface area (Å²) in [5.74, 6) is -0.951. The van der Waals surface area contributed by atoms with Crippen LogP contribution in [0.1, 0.15) is 42.1 Å². The molecule has 1 aliphatic heterocycles. The number of carboxylic acid groups (broad SMARTS) is 1. The topological polar surface area (TPSA) is 60.9 Å². The van der Waals surface area contributed by atoms with Gasteiger partial charge in [-0.25, -0.2) is 13.3 Å². The van der Waals surface area contributed by atoms with E-state index >= 15 is 0 Å². The molecule has 5 nitrogen and oxygen atoms in total. The van der Waals surface area contributed by atoms with Crippen LogP contribution in [-0.2, 0) is 11.0 Å². The van der Waals surface area contributed by atoms with E-state index in [2.05, 4.69) is 30.0 Å². The number of carbonyl (C=O) groups is 1. The zero-order chi connectivity index (χ0) is 25.1. The number of nitrogens with zero attached hydrogens (tertiary/aromatic N) is 2. The molecule has 184 valence electrons. The van der Waals surface area contributed by atoms with Gasteiger partial charge in [0.2, 0.25) is 0 Å². The minimum atomic E-state index is -1.35. The highest BCUT2D eigenvalue weighted by molar-refractivity contribution is 7.98. The van der Waals surface area contributed by atoms with Gasteiger partial charge in [-0.3, -0.25) is 0 Å². The molecule has 0 saturated carbocycles. The second kappa shape index (κ2) is 11.0. The number of unbranched alkanes of at least 4 members (excludes halogenated alkanes) is 1. The Balaban J connectivity index is 1.93. The minimum absolute atomic E-state index is 0.141. The summed E-state index contributed by atoms with van der Waals surface area (Å²) in [6.45, 7) is 4.83. The van der Waals surface area contributed by atoms with Crippen LogP contribution in [0.25, 0.3) is 11.1 Å². The minimum Gasteiger partial charge on any atom is -0.478 e. The Morgan fingerprint density at radius 1 is 1.14 bits per heavy atom. The Bertz CT molecular complexity index is 1250. The maximum Gasteiger partial charge on any atom is 0.335 e. The Morgan fingerprint density at radius 2 is 1.89 bits per heavy atom. The van der Waals surface area contributed by atoms with Crippen LogP contribution >= 0.6 is 11.8 Å². The Kier molecular flexibility index (Phi) is 7.99. The standard InChI is InChI=1S/C28H32N2O3S2/c1-5-6-10-23-18-30(22-11-8-7-9-12-22)25-17-26(34-4)24(16-27(25)35(33)29(23)3)20-13-19(2)14-21(15-20)28(31)32/h7-9,11-17,23H,5-6,10,18H2,1-4H3,(H,31,32). The molecule has 0 saturated heterocycles. The molecule has 1 aliphatic rings.